The van der Waals surface area contributed by atoms with Gasteiger partial charge in [0.05, 0.1) is 7.11 Å². The minimum absolute atomic E-state index is 0.625. The Morgan fingerprint density at radius 1 is 1.44 bits per heavy atom. The van der Waals surface area contributed by atoms with Crippen LogP contribution in [0.5, 0.6) is 5.75 Å². The summed E-state index contributed by atoms with van der Waals surface area (Å²) in [5, 5.41) is 3.45. The molecule has 1 atom stereocenters. The van der Waals surface area contributed by atoms with Gasteiger partial charge in [0.1, 0.15) is 5.75 Å². The Balaban J connectivity index is 2.29. The van der Waals surface area contributed by atoms with Gasteiger partial charge >= 0.3 is 0 Å². The standard InChI is InChI=1S/C13H18BrNO/c1-9-12(14)6-11(7-13(9)16-2)10-4-3-5-15-8-10/h6-7,10,15H,3-5,8H2,1-2H3. The van der Waals surface area contributed by atoms with Gasteiger partial charge in [0, 0.05) is 16.6 Å². The van der Waals surface area contributed by atoms with E-state index in [-0.39, 0.29) is 0 Å². The zero-order chi connectivity index (χ0) is 11.5. The Hall–Kier alpha value is -0.540. The number of rotatable bonds is 2. The van der Waals surface area contributed by atoms with Gasteiger partial charge in [0.15, 0.2) is 0 Å². The second-order valence-corrected chi connectivity index (χ2v) is 5.23. The van der Waals surface area contributed by atoms with E-state index in [2.05, 4.69) is 40.3 Å². The molecule has 0 aliphatic carbocycles. The van der Waals surface area contributed by atoms with E-state index in [9.17, 15) is 0 Å². The summed E-state index contributed by atoms with van der Waals surface area (Å²) in [5.41, 5.74) is 2.55. The number of nitrogens with one attached hydrogen (secondary N) is 1. The van der Waals surface area contributed by atoms with Gasteiger partial charge in [0.2, 0.25) is 0 Å². The molecule has 0 aromatic heterocycles. The zero-order valence-electron chi connectivity index (χ0n) is 9.85. The number of hydrogen-bond acceptors (Lipinski definition) is 2. The van der Waals surface area contributed by atoms with Crippen LogP contribution in [0.4, 0.5) is 0 Å². The topological polar surface area (TPSA) is 21.3 Å². The number of ether oxygens (including phenoxy) is 1. The second kappa shape index (κ2) is 5.19. The Morgan fingerprint density at radius 3 is 2.88 bits per heavy atom. The van der Waals surface area contributed by atoms with Crippen LogP contribution in [0.2, 0.25) is 0 Å². The number of piperidine rings is 1. The smallest absolute Gasteiger partial charge is 0.123 e. The van der Waals surface area contributed by atoms with E-state index in [1.54, 1.807) is 7.11 Å². The average Bonchev–Trinajstić information content (AvgIpc) is 2.33. The fraction of sp³-hybridized carbons (Fsp3) is 0.538. The lowest BCUT2D eigenvalue weighted by Gasteiger charge is -2.24. The highest BCUT2D eigenvalue weighted by Gasteiger charge is 2.17. The first-order chi connectivity index (χ1) is 7.72. The van der Waals surface area contributed by atoms with Gasteiger partial charge < -0.3 is 10.1 Å². The minimum Gasteiger partial charge on any atom is -0.496 e. The summed E-state index contributed by atoms with van der Waals surface area (Å²) in [7, 11) is 1.73. The normalized spacial score (nSPS) is 20.8. The highest BCUT2D eigenvalue weighted by Crippen LogP contribution is 2.33. The van der Waals surface area contributed by atoms with Crippen molar-refractivity contribution in [3.8, 4) is 5.75 Å². The van der Waals surface area contributed by atoms with E-state index < -0.39 is 0 Å². The summed E-state index contributed by atoms with van der Waals surface area (Å²) >= 11 is 3.60. The van der Waals surface area contributed by atoms with Gasteiger partial charge in [-0.1, -0.05) is 15.9 Å². The van der Waals surface area contributed by atoms with Crippen molar-refractivity contribution in [1.29, 1.82) is 0 Å². The predicted molar refractivity (Wildman–Crippen MR) is 70.3 cm³/mol. The van der Waals surface area contributed by atoms with E-state index in [0.29, 0.717) is 5.92 Å². The van der Waals surface area contributed by atoms with Crippen LogP contribution in [-0.2, 0) is 0 Å². The molecule has 1 aliphatic heterocycles. The highest BCUT2D eigenvalue weighted by molar-refractivity contribution is 9.10. The molecule has 1 fully saturated rings. The largest absolute Gasteiger partial charge is 0.496 e. The molecule has 16 heavy (non-hydrogen) atoms. The van der Waals surface area contributed by atoms with E-state index in [0.717, 1.165) is 23.3 Å². The molecule has 1 aliphatic rings. The minimum atomic E-state index is 0.625. The summed E-state index contributed by atoms with van der Waals surface area (Å²) in [6.45, 7) is 4.31. The molecule has 0 bridgehead atoms. The lowest BCUT2D eigenvalue weighted by Crippen LogP contribution is -2.28. The predicted octanol–water partition coefficient (Wildman–Crippen LogP) is 3.23. The molecule has 1 N–H and O–H groups in total. The van der Waals surface area contributed by atoms with E-state index >= 15 is 0 Å². The van der Waals surface area contributed by atoms with E-state index in [1.165, 1.54) is 24.0 Å². The Morgan fingerprint density at radius 2 is 2.25 bits per heavy atom. The number of hydrogen-bond donors (Lipinski definition) is 1. The van der Waals surface area contributed by atoms with E-state index in [4.69, 9.17) is 4.74 Å². The van der Waals surface area contributed by atoms with Crippen molar-refractivity contribution in [2.24, 2.45) is 0 Å². The van der Waals surface area contributed by atoms with Crippen molar-refractivity contribution in [3.63, 3.8) is 0 Å². The maximum atomic E-state index is 5.41. The molecule has 3 heteroatoms. The molecule has 2 rings (SSSR count). The van der Waals surface area contributed by atoms with Crippen LogP contribution in [0.3, 0.4) is 0 Å². The van der Waals surface area contributed by atoms with Gasteiger partial charge in [-0.3, -0.25) is 0 Å². The second-order valence-electron chi connectivity index (χ2n) is 4.37. The fourth-order valence-corrected chi connectivity index (χ4v) is 2.72. The lowest BCUT2D eigenvalue weighted by atomic mass is 9.91. The van der Waals surface area contributed by atoms with Gasteiger partial charge in [-0.25, -0.2) is 0 Å². The molecule has 0 amide bonds. The van der Waals surface area contributed by atoms with Crippen LogP contribution in [0.15, 0.2) is 16.6 Å². The number of methoxy groups -OCH3 is 1. The molecule has 0 spiro atoms. The molecule has 1 aromatic rings. The van der Waals surface area contributed by atoms with Gasteiger partial charge in [-0.05, 0) is 49.9 Å². The van der Waals surface area contributed by atoms with Crippen molar-refractivity contribution in [3.05, 3.63) is 27.7 Å². The highest BCUT2D eigenvalue weighted by atomic mass is 79.9. The summed E-state index contributed by atoms with van der Waals surface area (Å²) in [4.78, 5) is 0. The third-order valence-electron chi connectivity index (χ3n) is 3.31. The van der Waals surface area contributed by atoms with Crippen LogP contribution in [0, 0.1) is 6.92 Å². The van der Waals surface area contributed by atoms with Gasteiger partial charge in [-0.2, -0.15) is 0 Å². The molecule has 0 saturated carbocycles. The number of benzene rings is 1. The van der Waals surface area contributed by atoms with E-state index in [1.807, 2.05) is 0 Å². The summed E-state index contributed by atoms with van der Waals surface area (Å²) in [5.74, 6) is 1.61. The molecule has 1 heterocycles. The fourth-order valence-electron chi connectivity index (χ4n) is 2.26. The average molecular weight is 284 g/mol. The quantitative estimate of drug-likeness (QED) is 0.900. The lowest BCUT2D eigenvalue weighted by molar-refractivity contribution is 0.408. The third kappa shape index (κ3) is 2.41. The molecule has 88 valence electrons. The summed E-state index contributed by atoms with van der Waals surface area (Å²) in [6.07, 6.45) is 2.53. The zero-order valence-corrected chi connectivity index (χ0v) is 11.4. The van der Waals surface area contributed by atoms with Crippen LogP contribution in [-0.4, -0.2) is 20.2 Å². The molecule has 1 saturated heterocycles. The maximum Gasteiger partial charge on any atom is 0.123 e. The van der Waals surface area contributed by atoms with Crippen molar-refractivity contribution >= 4 is 15.9 Å². The maximum absolute atomic E-state index is 5.41. The van der Waals surface area contributed by atoms with Crippen LogP contribution in [0.1, 0.15) is 29.9 Å². The Bertz CT molecular complexity index is 372. The molecule has 1 aromatic carbocycles. The number of halogens is 1. The van der Waals surface area contributed by atoms with Crippen LogP contribution >= 0.6 is 15.9 Å². The molecule has 0 radical (unpaired) electrons. The SMILES string of the molecule is COc1cc(C2CCCNC2)cc(Br)c1C. The van der Waals surface area contributed by atoms with Gasteiger partial charge in [0.25, 0.3) is 0 Å². The van der Waals surface area contributed by atoms with Crippen molar-refractivity contribution in [2.45, 2.75) is 25.7 Å². The van der Waals surface area contributed by atoms with Gasteiger partial charge in [-0.15, -0.1) is 0 Å². The summed E-state index contributed by atoms with van der Waals surface area (Å²) < 4.78 is 6.55. The summed E-state index contributed by atoms with van der Waals surface area (Å²) in [6, 6.07) is 4.41. The molecular formula is C13H18BrNO. The van der Waals surface area contributed by atoms with Crippen LogP contribution in [0.25, 0.3) is 0 Å². The first kappa shape index (κ1) is 11.9. The third-order valence-corrected chi connectivity index (χ3v) is 4.13. The van der Waals surface area contributed by atoms with Crippen molar-refractivity contribution in [2.75, 3.05) is 20.2 Å². The first-order valence-electron chi connectivity index (χ1n) is 5.77. The van der Waals surface area contributed by atoms with Crippen molar-refractivity contribution < 1.29 is 4.74 Å². The monoisotopic (exact) mass is 283 g/mol. The van der Waals surface area contributed by atoms with Crippen molar-refractivity contribution in [1.82, 2.24) is 5.32 Å². The Kier molecular flexibility index (Phi) is 3.87. The molecule has 2 nitrogen and oxygen atoms in total. The Labute approximate surface area is 106 Å². The molecule has 1 unspecified atom stereocenters. The molecular weight excluding hydrogens is 266 g/mol. The van der Waals surface area contributed by atoms with Crippen LogP contribution < -0.4 is 10.1 Å². The first-order valence-corrected chi connectivity index (χ1v) is 6.56.